The molecule has 22 heavy (non-hydrogen) atoms. The maximum absolute atomic E-state index is 12.2. The first-order valence-corrected chi connectivity index (χ1v) is 7.13. The second-order valence-corrected chi connectivity index (χ2v) is 5.26. The number of nitrogens with two attached hydrogens (primary N) is 1. The van der Waals surface area contributed by atoms with E-state index in [-0.39, 0.29) is 17.7 Å². The summed E-state index contributed by atoms with van der Waals surface area (Å²) >= 11 is 0. The number of amides is 2. The van der Waals surface area contributed by atoms with Gasteiger partial charge >= 0.3 is 0 Å². The molecule has 0 radical (unpaired) electrons. The zero-order valence-electron chi connectivity index (χ0n) is 11.9. The van der Waals surface area contributed by atoms with Crippen LogP contribution in [-0.2, 0) is 9.53 Å². The molecule has 1 fully saturated rings. The van der Waals surface area contributed by atoms with Crippen molar-refractivity contribution in [3.05, 3.63) is 53.9 Å². The second-order valence-electron chi connectivity index (χ2n) is 5.26. The summed E-state index contributed by atoms with van der Waals surface area (Å²) in [6.45, 7) is 0. The first-order valence-electron chi connectivity index (χ1n) is 7.13. The Bertz CT molecular complexity index is 681. The van der Waals surface area contributed by atoms with Gasteiger partial charge in [0.2, 0.25) is 0 Å². The number of primary amides is 1. The number of H-pyrrole nitrogens is 1. The Hall–Kier alpha value is -2.60. The third kappa shape index (κ3) is 3.01. The molecule has 114 valence electrons. The molecule has 1 aliphatic rings. The average molecular weight is 299 g/mol. The summed E-state index contributed by atoms with van der Waals surface area (Å²) in [6, 6.07) is 11.4. The zero-order chi connectivity index (χ0) is 15.5. The number of nitrogens with one attached hydrogen (secondary N) is 2. The summed E-state index contributed by atoms with van der Waals surface area (Å²) in [5.74, 6) is -0.782. The molecule has 2 amide bonds. The molecule has 1 aliphatic heterocycles. The lowest BCUT2D eigenvalue weighted by molar-refractivity contribution is -0.126. The smallest absolute Gasteiger partial charge is 0.265 e. The van der Waals surface area contributed by atoms with Gasteiger partial charge in [0.15, 0.2) is 0 Å². The third-order valence-electron chi connectivity index (χ3n) is 3.70. The first kappa shape index (κ1) is 14.3. The van der Waals surface area contributed by atoms with Crippen LogP contribution in [0.1, 0.15) is 35.0 Å². The fraction of sp³-hybridized carbons (Fsp3) is 0.250. The fourth-order valence-electron chi connectivity index (χ4n) is 2.57. The molecule has 6 heteroatoms. The number of rotatable bonds is 4. The van der Waals surface area contributed by atoms with Crippen molar-refractivity contribution in [2.75, 3.05) is 5.32 Å². The Kier molecular flexibility index (Phi) is 3.93. The first-order chi connectivity index (χ1) is 10.6. The van der Waals surface area contributed by atoms with Crippen molar-refractivity contribution in [2.24, 2.45) is 5.73 Å². The van der Waals surface area contributed by atoms with Crippen molar-refractivity contribution < 1.29 is 14.3 Å². The molecule has 2 heterocycles. The van der Waals surface area contributed by atoms with Crippen molar-refractivity contribution in [1.29, 1.82) is 0 Å². The maximum Gasteiger partial charge on any atom is 0.265 e. The average Bonchev–Trinajstić information content (AvgIpc) is 3.17. The number of carbonyl (C=O) groups is 2. The van der Waals surface area contributed by atoms with Crippen LogP contribution in [0.15, 0.2) is 42.6 Å². The summed E-state index contributed by atoms with van der Waals surface area (Å²) < 4.78 is 5.82. The topological polar surface area (TPSA) is 97.2 Å². The predicted octanol–water partition coefficient (Wildman–Crippen LogP) is 1.97. The summed E-state index contributed by atoms with van der Waals surface area (Å²) in [5, 5.41) is 2.73. The van der Waals surface area contributed by atoms with Crippen molar-refractivity contribution in [3.8, 4) is 0 Å². The van der Waals surface area contributed by atoms with Gasteiger partial charge in [-0.3, -0.25) is 9.59 Å². The number of hydrogen-bond donors (Lipinski definition) is 3. The highest BCUT2D eigenvalue weighted by Gasteiger charge is 2.31. The van der Waals surface area contributed by atoms with Gasteiger partial charge < -0.3 is 20.8 Å². The highest BCUT2D eigenvalue weighted by atomic mass is 16.5. The van der Waals surface area contributed by atoms with Crippen LogP contribution in [0.3, 0.4) is 0 Å². The summed E-state index contributed by atoms with van der Waals surface area (Å²) in [6.07, 6.45) is 2.46. The van der Waals surface area contributed by atoms with E-state index in [9.17, 15) is 9.59 Å². The van der Waals surface area contributed by atoms with E-state index in [1.165, 1.54) is 12.3 Å². The molecule has 4 N–H and O–H groups in total. The van der Waals surface area contributed by atoms with Crippen LogP contribution in [-0.4, -0.2) is 22.9 Å². The van der Waals surface area contributed by atoms with Gasteiger partial charge in [0.1, 0.15) is 11.8 Å². The fourth-order valence-corrected chi connectivity index (χ4v) is 2.57. The van der Waals surface area contributed by atoms with Crippen LogP contribution < -0.4 is 11.1 Å². The molecule has 1 aromatic carbocycles. The van der Waals surface area contributed by atoms with Gasteiger partial charge in [-0.25, -0.2) is 0 Å². The Balaban J connectivity index is 1.60. The highest BCUT2D eigenvalue weighted by Crippen LogP contribution is 2.33. The van der Waals surface area contributed by atoms with Crippen molar-refractivity contribution in [2.45, 2.75) is 25.0 Å². The van der Waals surface area contributed by atoms with E-state index >= 15 is 0 Å². The van der Waals surface area contributed by atoms with Crippen LogP contribution in [0.5, 0.6) is 0 Å². The lowest BCUT2D eigenvalue weighted by atomic mass is 10.1. The third-order valence-corrected chi connectivity index (χ3v) is 3.70. The molecule has 3 rings (SSSR count). The molecular weight excluding hydrogens is 282 g/mol. The van der Waals surface area contributed by atoms with Crippen LogP contribution >= 0.6 is 0 Å². The lowest BCUT2D eigenvalue weighted by Crippen LogP contribution is -2.27. The molecule has 2 aromatic rings. The van der Waals surface area contributed by atoms with Gasteiger partial charge in [-0.05, 0) is 24.5 Å². The normalized spacial score (nSPS) is 20.7. The van der Waals surface area contributed by atoms with Crippen molar-refractivity contribution in [3.63, 3.8) is 0 Å². The maximum atomic E-state index is 12.2. The summed E-state index contributed by atoms with van der Waals surface area (Å²) in [5.41, 5.74) is 6.99. The number of carbonyl (C=O) groups excluding carboxylic acids is 2. The minimum absolute atomic E-state index is 0.0515. The Morgan fingerprint density at radius 2 is 2.00 bits per heavy atom. The number of anilines is 1. The van der Waals surface area contributed by atoms with Gasteiger partial charge in [0, 0.05) is 6.20 Å². The van der Waals surface area contributed by atoms with E-state index in [1.54, 1.807) is 0 Å². The van der Waals surface area contributed by atoms with Gasteiger partial charge in [-0.15, -0.1) is 0 Å². The van der Waals surface area contributed by atoms with Crippen LogP contribution in [0, 0.1) is 0 Å². The standard InChI is InChI=1S/C16H17N3O3/c17-15(20)12-8-11(9-18-12)19-16(21)14-7-6-13(22-14)10-4-2-1-3-5-10/h1-5,8-9,13-14,18H,6-7H2,(H2,17,20)(H,19,21)/t13-,14+/m0/s1. The molecule has 1 aromatic heterocycles. The van der Waals surface area contributed by atoms with Crippen LogP contribution in [0.2, 0.25) is 0 Å². The van der Waals surface area contributed by atoms with Gasteiger partial charge in [-0.1, -0.05) is 30.3 Å². The van der Waals surface area contributed by atoms with Gasteiger partial charge in [0.25, 0.3) is 11.8 Å². The number of ether oxygens (including phenoxy) is 1. The molecule has 0 unspecified atom stereocenters. The van der Waals surface area contributed by atoms with E-state index in [0.29, 0.717) is 12.1 Å². The Labute approximate surface area is 127 Å². The van der Waals surface area contributed by atoms with E-state index in [2.05, 4.69) is 10.3 Å². The van der Waals surface area contributed by atoms with Gasteiger partial charge in [0.05, 0.1) is 11.8 Å². The van der Waals surface area contributed by atoms with E-state index < -0.39 is 12.0 Å². The van der Waals surface area contributed by atoms with Crippen LogP contribution in [0.25, 0.3) is 0 Å². The molecular formula is C16H17N3O3. The Morgan fingerprint density at radius 1 is 1.23 bits per heavy atom. The SMILES string of the molecule is NC(=O)c1cc(NC(=O)[C@H]2CC[C@@H](c3ccccc3)O2)c[nH]1. The summed E-state index contributed by atoms with van der Waals surface area (Å²) in [4.78, 5) is 25.9. The molecule has 1 saturated heterocycles. The largest absolute Gasteiger partial charge is 0.364 e. The minimum atomic E-state index is -0.568. The highest BCUT2D eigenvalue weighted by molar-refractivity contribution is 5.97. The molecule has 0 saturated carbocycles. The molecule has 0 spiro atoms. The van der Waals surface area contributed by atoms with Crippen LogP contribution in [0.4, 0.5) is 5.69 Å². The monoisotopic (exact) mass is 299 g/mol. The van der Waals surface area contributed by atoms with E-state index in [1.807, 2.05) is 30.3 Å². The molecule has 0 bridgehead atoms. The zero-order valence-corrected chi connectivity index (χ0v) is 11.9. The number of benzene rings is 1. The predicted molar refractivity (Wildman–Crippen MR) is 81.2 cm³/mol. The minimum Gasteiger partial charge on any atom is -0.364 e. The van der Waals surface area contributed by atoms with Crippen molar-refractivity contribution in [1.82, 2.24) is 4.98 Å². The van der Waals surface area contributed by atoms with E-state index in [4.69, 9.17) is 10.5 Å². The quantitative estimate of drug-likeness (QED) is 0.805. The van der Waals surface area contributed by atoms with Crippen molar-refractivity contribution >= 4 is 17.5 Å². The Morgan fingerprint density at radius 3 is 2.68 bits per heavy atom. The molecule has 0 aliphatic carbocycles. The van der Waals surface area contributed by atoms with Gasteiger partial charge in [-0.2, -0.15) is 0 Å². The second kappa shape index (κ2) is 6.03. The number of aromatic amines is 1. The molecule has 2 atom stereocenters. The van der Waals surface area contributed by atoms with E-state index in [0.717, 1.165) is 12.0 Å². The summed E-state index contributed by atoms with van der Waals surface area (Å²) in [7, 11) is 0. The lowest BCUT2D eigenvalue weighted by Gasteiger charge is -2.13. The number of hydrogen-bond acceptors (Lipinski definition) is 3. The molecule has 6 nitrogen and oxygen atoms in total. The number of aromatic nitrogens is 1.